The van der Waals surface area contributed by atoms with Crippen LogP contribution in [0.2, 0.25) is 0 Å². The molecule has 3 N–H and O–H groups in total. The average Bonchev–Trinajstić information content (AvgIpc) is 2.85. The third kappa shape index (κ3) is 3.95. The highest BCUT2D eigenvalue weighted by Gasteiger charge is 2.33. The number of benzene rings is 1. The van der Waals surface area contributed by atoms with E-state index in [0.717, 1.165) is 12.8 Å². The van der Waals surface area contributed by atoms with Crippen LogP contribution in [-0.2, 0) is 0 Å². The fraction of sp³-hybridized carbons (Fsp3) is 0.467. The lowest BCUT2D eigenvalue weighted by molar-refractivity contribution is 0.0261. The Hall–Kier alpha value is -2.08. The van der Waals surface area contributed by atoms with Gasteiger partial charge in [0.05, 0.1) is 17.7 Å². The van der Waals surface area contributed by atoms with Gasteiger partial charge in [0.25, 0.3) is 0 Å². The molecule has 0 spiro atoms. The number of likely N-dealkylation sites (N-methyl/N-ethyl adjacent to an activating group) is 1. The lowest BCUT2D eigenvalue weighted by Gasteiger charge is -2.28. The number of carbonyl (C=O) groups is 2. The third-order valence-electron chi connectivity index (χ3n) is 3.77. The van der Waals surface area contributed by atoms with E-state index < -0.39 is 11.6 Å². The number of urea groups is 1. The van der Waals surface area contributed by atoms with Crippen molar-refractivity contribution in [1.29, 1.82) is 0 Å². The topological polar surface area (TPSA) is 89.9 Å². The maximum absolute atomic E-state index is 12.1. The minimum Gasteiger partial charge on any atom is -0.478 e. The average molecular weight is 292 g/mol. The van der Waals surface area contributed by atoms with Crippen LogP contribution < -0.4 is 5.32 Å². The van der Waals surface area contributed by atoms with E-state index in [0.29, 0.717) is 18.5 Å². The van der Waals surface area contributed by atoms with Crippen LogP contribution in [0.1, 0.15) is 36.0 Å². The molecule has 0 radical (unpaired) electrons. The number of carboxylic acids is 1. The van der Waals surface area contributed by atoms with E-state index in [4.69, 9.17) is 5.11 Å². The van der Waals surface area contributed by atoms with Crippen molar-refractivity contribution >= 4 is 17.7 Å². The zero-order chi connectivity index (χ0) is 15.5. The first-order valence-corrected chi connectivity index (χ1v) is 6.97. The summed E-state index contributed by atoms with van der Waals surface area (Å²) in [5.41, 5.74) is -0.260. The fourth-order valence-corrected chi connectivity index (χ4v) is 2.65. The summed E-state index contributed by atoms with van der Waals surface area (Å²) in [4.78, 5) is 24.4. The summed E-state index contributed by atoms with van der Waals surface area (Å²) in [5, 5.41) is 21.9. The molecule has 0 aliphatic heterocycles. The minimum absolute atomic E-state index is 0.116. The summed E-state index contributed by atoms with van der Waals surface area (Å²) in [6, 6.07) is 5.70. The van der Waals surface area contributed by atoms with Crippen LogP contribution in [0.5, 0.6) is 0 Å². The number of nitrogens with one attached hydrogen (secondary N) is 1. The van der Waals surface area contributed by atoms with Gasteiger partial charge in [0, 0.05) is 12.7 Å². The molecule has 2 amide bonds. The molecule has 0 unspecified atom stereocenters. The standard InChI is InChI=1S/C15H20N2O4/c1-17(10-15(21)7-2-3-8-15)14(20)16-12-6-4-5-11(9-12)13(18)19/h4-6,9,21H,2-3,7-8,10H2,1H3,(H,16,20)(H,18,19). The maximum Gasteiger partial charge on any atom is 0.335 e. The molecule has 21 heavy (non-hydrogen) atoms. The van der Waals surface area contributed by atoms with Gasteiger partial charge in [0.2, 0.25) is 0 Å². The zero-order valence-electron chi connectivity index (χ0n) is 12.0. The molecule has 0 aromatic heterocycles. The van der Waals surface area contributed by atoms with Gasteiger partial charge in [-0.3, -0.25) is 0 Å². The van der Waals surface area contributed by atoms with Crippen molar-refractivity contribution in [3.63, 3.8) is 0 Å². The molecule has 2 rings (SSSR count). The lowest BCUT2D eigenvalue weighted by Crippen LogP contribution is -2.43. The predicted molar refractivity (Wildman–Crippen MR) is 78.5 cm³/mol. The molecule has 0 heterocycles. The van der Waals surface area contributed by atoms with Crippen LogP contribution >= 0.6 is 0 Å². The zero-order valence-corrected chi connectivity index (χ0v) is 12.0. The second-order valence-corrected chi connectivity index (χ2v) is 5.60. The smallest absolute Gasteiger partial charge is 0.335 e. The van der Waals surface area contributed by atoms with E-state index in [1.807, 2.05) is 0 Å². The molecular weight excluding hydrogens is 272 g/mol. The molecule has 1 aromatic carbocycles. The number of hydrogen-bond acceptors (Lipinski definition) is 3. The van der Waals surface area contributed by atoms with E-state index in [1.54, 1.807) is 19.2 Å². The summed E-state index contributed by atoms with van der Waals surface area (Å²) in [6.07, 6.45) is 3.37. The SMILES string of the molecule is CN(CC1(O)CCCC1)C(=O)Nc1cccc(C(=O)O)c1. The molecule has 1 saturated carbocycles. The van der Waals surface area contributed by atoms with E-state index in [1.165, 1.54) is 17.0 Å². The maximum atomic E-state index is 12.1. The first kappa shape index (κ1) is 15.3. The third-order valence-corrected chi connectivity index (χ3v) is 3.77. The van der Waals surface area contributed by atoms with Crippen LogP contribution in [-0.4, -0.2) is 46.3 Å². The van der Waals surface area contributed by atoms with E-state index in [2.05, 4.69) is 5.32 Å². The van der Waals surface area contributed by atoms with Crippen LogP contribution in [0, 0.1) is 0 Å². The first-order chi connectivity index (χ1) is 9.89. The van der Waals surface area contributed by atoms with Crippen molar-refractivity contribution in [2.45, 2.75) is 31.3 Å². The number of anilines is 1. The molecule has 0 bridgehead atoms. The Kier molecular flexibility index (Phi) is 4.47. The van der Waals surface area contributed by atoms with E-state index >= 15 is 0 Å². The number of rotatable bonds is 4. The number of carbonyl (C=O) groups excluding carboxylic acids is 1. The molecule has 1 aliphatic rings. The number of aliphatic hydroxyl groups is 1. The van der Waals surface area contributed by atoms with E-state index in [-0.39, 0.29) is 18.1 Å². The molecule has 6 nitrogen and oxygen atoms in total. The molecular formula is C15H20N2O4. The van der Waals surface area contributed by atoms with Gasteiger partial charge in [-0.2, -0.15) is 0 Å². The molecule has 0 atom stereocenters. The highest BCUT2D eigenvalue weighted by Crippen LogP contribution is 2.30. The van der Waals surface area contributed by atoms with Crippen molar-refractivity contribution in [1.82, 2.24) is 4.90 Å². The second kappa shape index (κ2) is 6.13. The highest BCUT2D eigenvalue weighted by atomic mass is 16.4. The molecule has 6 heteroatoms. The first-order valence-electron chi connectivity index (χ1n) is 6.97. The molecule has 114 valence electrons. The minimum atomic E-state index is -1.04. The van der Waals surface area contributed by atoms with Gasteiger partial charge in [-0.15, -0.1) is 0 Å². The Morgan fingerprint density at radius 1 is 1.33 bits per heavy atom. The lowest BCUT2D eigenvalue weighted by atomic mass is 10.0. The molecule has 0 saturated heterocycles. The number of nitrogens with zero attached hydrogens (tertiary/aromatic N) is 1. The number of hydrogen-bond donors (Lipinski definition) is 3. The number of aromatic carboxylic acids is 1. The molecule has 1 aromatic rings. The predicted octanol–water partition coefficient (Wildman–Crippen LogP) is 2.15. The molecule has 1 fully saturated rings. The Balaban J connectivity index is 1.97. The Bertz CT molecular complexity index is 538. The van der Waals surface area contributed by atoms with Crippen molar-refractivity contribution in [2.75, 3.05) is 18.9 Å². The monoisotopic (exact) mass is 292 g/mol. The van der Waals surface area contributed by atoms with Crippen molar-refractivity contribution in [3.8, 4) is 0 Å². The summed E-state index contributed by atoms with van der Waals surface area (Å²) in [6.45, 7) is 0.275. The van der Waals surface area contributed by atoms with Gasteiger partial charge >= 0.3 is 12.0 Å². The Morgan fingerprint density at radius 3 is 2.62 bits per heavy atom. The Labute approximate surface area is 123 Å². The van der Waals surface area contributed by atoms with Crippen LogP contribution in [0.3, 0.4) is 0 Å². The van der Waals surface area contributed by atoms with Gasteiger partial charge in [0.15, 0.2) is 0 Å². The Morgan fingerprint density at radius 2 is 2.00 bits per heavy atom. The highest BCUT2D eigenvalue weighted by molar-refractivity contribution is 5.93. The second-order valence-electron chi connectivity index (χ2n) is 5.60. The van der Waals surface area contributed by atoms with Gasteiger partial charge in [-0.05, 0) is 31.0 Å². The van der Waals surface area contributed by atoms with Crippen molar-refractivity contribution in [2.24, 2.45) is 0 Å². The quantitative estimate of drug-likeness (QED) is 0.793. The van der Waals surface area contributed by atoms with Crippen molar-refractivity contribution < 1.29 is 19.8 Å². The summed E-state index contributed by atoms with van der Waals surface area (Å²) < 4.78 is 0. The number of carboxylic acid groups (broad SMARTS) is 1. The number of amides is 2. The molecule has 1 aliphatic carbocycles. The van der Waals surface area contributed by atoms with Gasteiger partial charge in [-0.25, -0.2) is 9.59 Å². The summed E-state index contributed by atoms with van der Waals surface area (Å²) in [5.74, 6) is -1.04. The largest absolute Gasteiger partial charge is 0.478 e. The van der Waals surface area contributed by atoms with E-state index in [9.17, 15) is 14.7 Å². The van der Waals surface area contributed by atoms with Gasteiger partial charge in [0.1, 0.15) is 0 Å². The fourth-order valence-electron chi connectivity index (χ4n) is 2.65. The van der Waals surface area contributed by atoms with Crippen LogP contribution in [0.25, 0.3) is 0 Å². The summed E-state index contributed by atoms with van der Waals surface area (Å²) >= 11 is 0. The van der Waals surface area contributed by atoms with Gasteiger partial charge < -0.3 is 20.4 Å². The van der Waals surface area contributed by atoms with Crippen LogP contribution in [0.4, 0.5) is 10.5 Å². The van der Waals surface area contributed by atoms with Crippen LogP contribution in [0.15, 0.2) is 24.3 Å². The summed E-state index contributed by atoms with van der Waals surface area (Å²) in [7, 11) is 1.62. The van der Waals surface area contributed by atoms with Crippen molar-refractivity contribution in [3.05, 3.63) is 29.8 Å². The van der Waals surface area contributed by atoms with Gasteiger partial charge in [-0.1, -0.05) is 18.9 Å². The normalized spacial score (nSPS) is 16.5.